The van der Waals surface area contributed by atoms with Gasteiger partial charge in [-0.15, -0.1) is 24.0 Å². The van der Waals surface area contributed by atoms with Crippen molar-refractivity contribution in [2.75, 3.05) is 33.2 Å². The molecule has 0 spiro atoms. The van der Waals surface area contributed by atoms with E-state index in [0.29, 0.717) is 49.7 Å². The molecular weight excluding hydrogens is 513 g/mol. The molecule has 0 saturated carbocycles. The molecule has 0 bridgehead atoms. The molecule has 0 aliphatic carbocycles. The van der Waals surface area contributed by atoms with Crippen LogP contribution in [0.2, 0.25) is 0 Å². The lowest BCUT2D eigenvalue weighted by molar-refractivity contribution is 0.0527. The molecule has 3 amide bonds. The third-order valence-electron chi connectivity index (χ3n) is 4.29. The summed E-state index contributed by atoms with van der Waals surface area (Å²) >= 11 is 0. The van der Waals surface area contributed by atoms with E-state index in [1.54, 1.807) is 31.3 Å². The van der Waals surface area contributed by atoms with Gasteiger partial charge in [0.25, 0.3) is 11.8 Å². The molecule has 31 heavy (non-hydrogen) atoms. The molecule has 1 aliphatic heterocycles. The van der Waals surface area contributed by atoms with Crippen molar-refractivity contribution in [1.82, 2.24) is 20.9 Å². The first-order valence-corrected chi connectivity index (χ1v) is 10.1. The molecule has 0 aromatic heterocycles. The van der Waals surface area contributed by atoms with E-state index in [0.717, 1.165) is 6.42 Å². The zero-order chi connectivity index (χ0) is 22.1. The predicted molar refractivity (Wildman–Crippen MR) is 130 cm³/mol. The molecule has 0 fully saturated rings. The summed E-state index contributed by atoms with van der Waals surface area (Å²) in [5.74, 6) is 0.166. The summed E-state index contributed by atoms with van der Waals surface area (Å²) in [4.78, 5) is 41.6. The average Bonchev–Trinajstić information content (AvgIpc) is 2.93. The minimum Gasteiger partial charge on any atom is -0.444 e. The van der Waals surface area contributed by atoms with E-state index < -0.39 is 11.7 Å². The molecule has 1 aromatic rings. The highest BCUT2D eigenvalue weighted by Crippen LogP contribution is 2.22. The molecule has 0 saturated heterocycles. The highest BCUT2D eigenvalue weighted by Gasteiger charge is 2.34. The third-order valence-corrected chi connectivity index (χ3v) is 4.29. The van der Waals surface area contributed by atoms with Crippen LogP contribution in [0.5, 0.6) is 0 Å². The Hall–Kier alpha value is -2.37. The number of benzene rings is 1. The number of carbonyl (C=O) groups excluding carboxylic acids is 3. The van der Waals surface area contributed by atoms with Crippen LogP contribution >= 0.6 is 24.0 Å². The van der Waals surface area contributed by atoms with Crippen LogP contribution in [0.1, 0.15) is 54.3 Å². The average molecular weight is 545 g/mol. The zero-order valence-corrected chi connectivity index (χ0v) is 20.8. The number of fused-ring (bicyclic) bond motifs is 1. The zero-order valence-electron chi connectivity index (χ0n) is 18.5. The standard InChI is InChI=1S/C21H31N5O4.HI/c1-21(2,3)30-20(29)25-13-12-24-19(22-4)23-11-7-8-14-26-17(27)15-9-5-6-10-16(15)18(26)28;/h5-6,9-10H,7-8,11-14H2,1-4H3,(H,25,29)(H2,22,23,24);1H. The van der Waals surface area contributed by atoms with E-state index in [1.807, 2.05) is 20.8 Å². The van der Waals surface area contributed by atoms with Gasteiger partial charge in [-0.2, -0.15) is 0 Å². The Morgan fingerprint density at radius 3 is 2.06 bits per heavy atom. The summed E-state index contributed by atoms with van der Waals surface area (Å²) in [6.45, 7) is 7.35. The number of nitrogens with zero attached hydrogens (tertiary/aromatic N) is 2. The van der Waals surface area contributed by atoms with E-state index in [-0.39, 0.29) is 35.8 Å². The van der Waals surface area contributed by atoms with Gasteiger partial charge in [0.1, 0.15) is 5.60 Å². The first-order valence-electron chi connectivity index (χ1n) is 10.1. The number of guanidine groups is 1. The number of aliphatic imine (C=N–C) groups is 1. The van der Waals surface area contributed by atoms with Crippen LogP contribution in [-0.4, -0.2) is 67.6 Å². The first kappa shape index (κ1) is 26.7. The molecule has 10 heteroatoms. The van der Waals surface area contributed by atoms with Crippen molar-refractivity contribution in [1.29, 1.82) is 0 Å². The number of ether oxygens (including phenoxy) is 1. The van der Waals surface area contributed by atoms with Crippen molar-refractivity contribution in [2.24, 2.45) is 4.99 Å². The summed E-state index contributed by atoms with van der Waals surface area (Å²) in [7, 11) is 1.66. The normalized spacial score (nSPS) is 13.4. The van der Waals surface area contributed by atoms with Gasteiger partial charge in [-0.1, -0.05) is 12.1 Å². The summed E-state index contributed by atoms with van der Waals surface area (Å²) in [5.41, 5.74) is 0.429. The summed E-state index contributed by atoms with van der Waals surface area (Å²) in [5, 5.41) is 8.93. The Morgan fingerprint density at radius 2 is 1.52 bits per heavy atom. The number of rotatable bonds is 8. The van der Waals surface area contributed by atoms with Crippen LogP contribution in [0.15, 0.2) is 29.3 Å². The fourth-order valence-electron chi connectivity index (χ4n) is 2.92. The Morgan fingerprint density at radius 1 is 0.968 bits per heavy atom. The lowest BCUT2D eigenvalue weighted by atomic mass is 10.1. The van der Waals surface area contributed by atoms with Gasteiger partial charge in [0.2, 0.25) is 0 Å². The summed E-state index contributed by atoms with van der Waals surface area (Å²) in [6.07, 6.45) is 1.00. The van der Waals surface area contributed by atoms with Crippen molar-refractivity contribution in [3.63, 3.8) is 0 Å². The Labute approximate surface area is 200 Å². The van der Waals surface area contributed by atoms with Gasteiger partial charge in [-0.25, -0.2) is 4.79 Å². The van der Waals surface area contributed by atoms with Gasteiger partial charge in [-0.3, -0.25) is 19.5 Å². The van der Waals surface area contributed by atoms with E-state index in [1.165, 1.54) is 4.90 Å². The Kier molecular flexibility index (Phi) is 10.7. The molecule has 0 atom stereocenters. The first-order chi connectivity index (χ1) is 14.2. The maximum absolute atomic E-state index is 12.3. The summed E-state index contributed by atoms with van der Waals surface area (Å²) in [6, 6.07) is 6.90. The van der Waals surface area contributed by atoms with Crippen LogP contribution < -0.4 is 16.0 Å². The number of hydrogen-bond acceptors (Lipinski definition) is 5. The van der Waals surface area contributed by atoms with Crippen molar-refractivity contribution < 1.29 is 19.1 Å². The van der Waals surface area contributed by atoms with Gasteiger partial charge in [0, 0.05) is 33.2 Å². The lowest BCUT2D eigenvalue weighted by Crippen LogP contribution is -2.42. The van der Waals surface area contributed by atoms with Crippen LogP contribution in [0.3, 0.4) is 0 Å². The molecule has 9 nitrogen and oxygen atoms in total. The summed E-state index contributed by atoms with van der Waals surface area (Å²) < 4.78 is 5.17. The van der Waals surface area contributed by atoms with Gasteiger partial charge >= 0.3 is 6.09 Å². The van der Waals surface area contributed by atoms with Gasteiger partial charge in [-0.05, 0) is 45.7 Å². The number of hydrogen-bond donors (Lipinski definition) is 3. The molecular formula is C21H32IN5O4. The number of imide groups is 1. The lowest BCUT2D eigenvalue weighted by Gasteiger charge is -2.20. The van der Waals surface area contributed by atoms with Crippen LogP contribution in [0.4, 0.5) is 4.79 Å². The maximum Gasteiger partial charge on any atom is 0.407 e. The molecule has 1 heterocycles. The third kappa shape index (κ3) is 8.35. The van der Waals surface area contributed by atoms with Crippen molar-refractivity contribution in [3.05, 3.63) is 35.4 Å². The number of unbranched alkanes of at least 4 members (excludes halogenated alkanes) is 1. The fraction of sp³-hybridized carbons (Fsp3) is 0.524. The largest absolute Gasteiger partial charge is 0.444 e. The number of nitrogens with one attached hydrogen (secondary N) is 3. The molecule has 1 aromatic carbocycles. The quantitative estimate of drug-likeness (QED) is 0.152. The van der Waals surface area contributed by atoms with E-state index in [4.69, 9.17) is 4.74 Å². The number of amides is 3. The van der Waals surface area contributed by atoms with E-state index in [2.05, 4.69) is 20.9 Å². The molecule has 0 unspecified atom stereocenters. The second kappa shape index (κ2) is 12.5. The molecule has 0 radical (unpaired) electrons. The highest BCUT2D eigenvalue weighted by molar-refractivity contribution is 14.0. The monoisotopic (exact) mass is 545 g/mol. The maximum atomic E-state index is 12.3. The van der Waals surface area contributed by atoms with Crippen LogP contribution in [0.25, 0.3) is 0 Å². The van der Waals surface area contributed by atoms with Crippen LogP contribution in [-0.2, 0) is 4.74 Å². The molecule has 172 valence electrons. The van der Waals surface area contributed by atoms with Crippen molar-refractivity contribution in [3.8, 4) is 0 Å². The molecule has 2 rings (SSSR count). The molecule has 1 aliphatic rings. The topological polar surface area (TPSA) is 112 Å². The van der Waals surface area contributed by atoms with Crippen molar-refractivity contribution >= 4 is 47.8 Å². The van der Waals surface area contributed by atoms with Crippen molar-refractivity contribution in [2.45, 2.75) is 39.2 Å². The van der Waals surface area contributed by atoms with Gasteiger partial charge in [0.05, 0.1) is 11.1 Å². The van der Waals surface area contributed by atoms with Gasteiger partial charge < -0.3 is 20.7 Å². The number of alkyl carbamates (subject to hydrolysis) is 1. The van der Waals surface area contributed by atoms with Gasteiger partial charge in [0.15, 0.2) is 5.96 Å². The second-order valence-corrected chi connectivity index (χ2v) is 7.87. The second-order valence-electron chi connectivity index (χ2n) is 7.87. The Balaban J connectivity index is 0.00000480. The van der Waals surface area contributed by atoms with Crippen LogP contribution in [0, 0.1) is 0 Å². The minimum absolute atomic E-state index is 0. The Bertz CT molecular complexity index is 772. The molecule has 3 N–H and O–H groups in total. The number of carbonyl (C=O) groups is 3. The van der Waals surface area contributed by atoms with E-state index in [9.17, 15) is 14.4 Å². The number of halogens is 1. The highest BCUT2D eigenvalue weighted by atomic mass is 127. The predicted octanol–water partition coefficient (Wildman–Crippen LogP) is 2.37. The smallest absolute Gasteiger partial charge is 0.407 e. The van der Waals surface area contributed by atoms with E-state index >= 15 is 0 Å². The minimum atomic E-state index is -0.526. The SMILES string of the molecule is CN=C(NCCCCN1C(=O)c2ccccc2C1=O)NCCNC(=O)OC(C)(C)C.I. The fourth-order valence-corrected chi connectivity index (χ4v) is 2.92.